The average Bonchev–Trinajstić information content (AvgIpc) is 2.78. The molecule has 1 aliphatic rings. The topological polar surface area (TPSA) is 76.2 Å². The molecule has 0 aliphatic carbocycles. The fraction of sp³-hybridized carbons (Fsp3) is 0.769. The van der Waals surface area contributed by atoms with Gasteiger partial charge < -0.3 is 10.2 Å². The third kappa shape index (κ3) is 2.63. The molecule has 2 heterocycles. The number of aryl methyl sites for hydroxylation is 2. The summed E-state index contributed by atoms with van der Waals surface area (Å²) in [4.78, 5) is 13.2. The van der Waals surface area contributed by atoms with E-state index in [0.717, 1.165) is 32.5 Å². The number of nitrogens with one attached hydrogen (secondary N) is 1. The summed E-state index contributed by atoms with van der Waals surface area (Å²) in [6.45, 7) is 9.01. The molecule has 0 amide bonds. The van der Waals surface area contributed by atoms with Crippen molar-refractivity contribution < 1.29 is 4.92 Å². The summed E-state index contributed by atoms with van der Waals surface area (Å²) in [5, 5.41) is 19.1. The Labute approximate surface area is 119 Å². The van der Waals surface area contributed by atoms with Crippen LogP contribution in [-0.4, -0.2) is 40.4 Å². The highest BCUT2D eigenvalue weighted by Crippen LogP contribution is 2.33. The van der Waals surface area contributed by atoms with E-state index in [1.165, 1.54) is 0 Å². The molecule has 112 valence electrons. The Morgan fingerprint density at radius 2 is 2.30 bits per heavy atom. The predicted octanol–water partition coefficient (Wildman–Crippen LogP) is 1.70. The SMILES string of the molecule is CCN(c1c([N+](=O)[O-])c(C)nn1CC)C1CCCNC1. The van der Waals surface area contributed by atoms with Gasteiger partial charge in [-0.2, -0.15) is 5.10 Å². The van der Waals surface area contributed by atoms with E-state index < -0.39 is 0 Å². The molecule has 0 spiro atoms. The van der Waals surface area contributed by atoms with Crippen molar-refractivity contribution in [2.45, 2.75) is 46.2 Å². The smallest absolute Gasteiger partial charge is 0.333 e. The molecule has 1 N–H and O–H groups in total. The minimum atomic E-state index is -0.303. The molecule has 7 nitrogen and oxygen atoms in total. The molecule has 1 saturated heterocycles. The zero-order chi connectivity index (χ0) is 14.7. The van der Waals surface area contributed by atoms with Crippen molar-refractivity contribution in [3.8, 4) is 0 Å². The highest BCUT2D eigenvalue weighted by Gasteiger charge is 2.32. The van der Waals surface area contributed by atoms with E-state index in [2.05, 4.69) is 15.3 Å². The van der Waals surface area contributed by atoms with Crippen molar-refractivity contribution in [2.24, 2.45) is 0 Å². The van der Waals surface area contributed by atoms with Gasteiger partial charge in [0.15, 0.2) is 0 Å². The lowest BCUT2D eigenvalue weighted by molar-refractivity contribution is -0.384. The van der Waals surface area contributed by atoms with Crippen molar-refractivity contribution in [1.29, 1.82) is 0 Å². The molecular formula is C13H23N5O2. The van der Waals surface area contributed by atoms with Crippen molar-refractivity contribution in [3.63, 3.8) is 0 Å². The molecule has 0 saturated carbocycles. The first kappa shape index (κ1) is 14.8. The van der Waals surface area contributed by atoms with Gasteiger partial charge in [0, 0.05) is 25.7 Å². The van der Waals surface area contributed by atoms with Crippen LogP contribution in [0.3, 0.4) is 0 Å². The molecule has 1 aromatic heterocycles. The largest absolute Gasteiger partial charge is 0.347 e. The first-order valence-corrected chi connectivity index (χ1v) is 7.29. The van der Waals surface area contributed by atoms with Crippen LogP contribution in [0.5, 0.6) is 0 Å². The van der Waals surface area contributed by atoms with E-state index in [4.69, 9.17) is 0 Å². The maximum absolute atomic E-state index is 11.4. The van der Waals surface area contributed by atoms with Gasteiger partial charge in [-0.15, -0.1) is 0 Å². The number of nitro groups is 1. The van der Waals surface area contributed by atoms with Crippen molar-refractivity contribution in [2.75, 3.05) is 24.5 Å². The molecule has 7 heteroatoms. The Hall–Kier alpha value is -1.63. The second kappa shape index (κ2) is 6.21. The Morgan fingerprint density at radius 3 is 2.80 bits per heavy atom. The van der Waals surface area contributed by atoms with Crippen molar-refractivity contribution in [3.05, 3.63) is 15.8 Å². The summed E-state index contributed by atoms with van der Waals surface area (Å²) in [6.07, 6.45) is 2.17. The second-order valence-electron chi connectivity index (χ2n) is 5.12. The molecular weight excluding hydrogens is 258 g/mol. The molecule has 20 heavy (non-hydrogen) atoms. The number of aromatic nitrogens is 2. The van der Waals surface area contributed by atoms with Crippen LogP contribution < -0.4 is 10.2 Å². The Balaban J connectivity index is 2.43. The zero-order valence-electron chi connectivity index (χ0n) is 12.4. The lowest BCUT2D eigenvalue weighted by atomic mass is 10.1. The van der Waals surface area contributed by atoms with Gasteiger partial charge in [-0.05, 0) is 40.2 Å². The Kier molecular flexibility index (Phi) is 4.59. The molecule has 1 fully saturated rings. The fourth-order valence-corrected chi connectivity index (χ4v) is 2.96. The average molecular weight is 281 g/mol. The predicted molar refractivity (Wildman–Crippen MR) is 78.2 cm³/mol. The summed E-state index contributed by atoms with van der Waals surface area (Å²) in [7, 11) is 0. The standard InChI is InChI=1S/C13H23N5O2/c1-4-16(11-7-6-8-14-9-11)13-12(18(19)20)10(3)15-17(13)5-2/h11,14H,4-9H2,1-3H3. The van der Waals surface area contributed by atoms with Gasteiger partial charge in [-0.1, -0.05) is 0 Å². The third-order valence-corrected chi connectivity index (χ3v) is 3.88. The van der Waals surface area contributed by atoms with Crippen LogP contribution >= 0.6 is 0 Å². The minimum Gasteiger partial charge on any atom is -0.347 e. The lowest BCUT2D eigenvalue weighted by Crippen LogP contribution is -2.47. The van der Waals surface area contributed by atoms with Gasteiger partial charge in [0.2, 0.25) is 5.82 Å². The van der Waals surface area contributed by atoms with Gasteiger partial charge in [0.05, 0.1) is 4.92 Å². The quantitative estimate of drug-likeness (QED) is 0.656. The monoisotopic (exact) mass is 281 g/mol. The number of piperidine rings is 1. The molecule has 2 rings (SSSR count). The molecule has 0 aromatic carbocycles. The van der Waals surface area contributed by atoms with Crippen molar-refractivity contribution in [1.82, 2.24) is 15.1 Å². The summed E-state index contributed by atoms with van der Waals surface area (Å²) >= 11 is 0. The highest BCUT2D eigenvalue weighted by molar-refractivity contribution is 5.62. The summed E-state index contributed by atoms with van der Waals surface area (Å²) in [5.41, 5.74) is 0.647. The van der Waals surface area contributed by atoms with Crippen LogP contribution in [0.4, 0.5) is 11.5 Å². The Bertz CT molecular complexity index is 479. The number of likely N-dealkylation sites (N-methyl/N-ethyl adjacent to an activating group) is 1. The summed E-state index contributed by atoms with van der Waals surface area (Å²) in [5.74, 6) is 0.659. The number of anilines is 1. The molecule has 0 radical (unpaired) electrons. The van der Waals surface area contributed by atoms with Gasteiger partial charge in [-0.3, -0.25) is 10.1 Å². The zero-order valence-corrected chi connectivity index (χ0v) is 12.4. The first-order chi connectivity index (χ1) is 9.60. The van der Waals surface area contributed by atoms with E-state index in [1.807, 2.05) is 13.8 Å². The molecule has 1 aromatic rings. The van der Waals surface area contributed by atoms with Crippen molar-refractivity contribution >= 4 is 11.5 Å². The van der Waals surface area contributed by atoms with Crippen LogP contribution in [0.2, 0.25) is 0 Å². The van der Waals surface area contributed by atoms with Gasteiger partial charge in [0.1, 0.15) is 5.69 Å². The van der Waals surface area contributed by atoms with E-state index in [0.29, 0.717) is 24.1 Å². The summed E-state index contributed by atoms with van der Waals surface area (Å²) < 4.78 is 1.76. The second-order valence-corrected chi connectivity index (χ2v) is 5.12. The maximum Gasteiger partial charge on any atom is 0.333 e. The number of nitrogens with zero attached hydrogens (tertiary/aromatic N) is 4. The third-order valence-electron chi connectivity index (χ3n) is 3.88. The number of hydrogen-bond donors (Lipinski definition) is 1. The molecule has 1 atom stereocenters. The molecule has 0 bridgehead atoms. The van der Waals surface area contributed by atoms with Crippen LogP contribution in [0, 0.1) is 17.0 Å². The van der Waals surface area contributed by atoms with E-state index in [-0.39, 0.29) is 10.6 Å². The highest BCUT2D eigenvalue weighted by atomic mass is 16.6. The minimum absolute atomic E-state index is 0.152. The van der Waals surface area contributed by atoms with E-state index >= 15 is 0 Å². The van der Waals surface area contributed by atoms with Gasteiger partial charge in [-0.25, -0.2) is 4.68 Å². The normalized spacial score (nSPS) is 19.1. The van der Waals surface area contributed by atoms with Gasteiger partial charge in [0.25, 0.3) is 0 Å². The lowest BCUT2D eigenvalue weighted by Gasteiger charge is -2.35. The van der Waals surface area contributed by atoms with Gasteiger partial charge >= 0.3 is 5.69 Å². The maximum atomic E-state index is 11.4. The number of hydrogen-bond acceptors (Lipinski definition) is 5. The van der Waals surface area contributed by atoms with E-state index in [1.54, 1.807) is 11.6 Å². The van der Waals surface area contributed by atoms with Crippen LogP contribution in [-0.2, 0) is 6.54 Å². The molecule has 1 aliphatic heterocycles. The Morgan fingerprint density at radius 1 is 1.55 bits per heavy atom. The van der Waals surface area contributed by atoms with Crippen LogP contribution in [0.15, 0.2) is 0 Å². The fourth-order valence-electron chi connectivity index (χ4n) is 2.96. The first-order valence-electron chi connectivity index (χ1n) is 7.29. The number of rotatable bonds is 5. The van der Waals surface area contributed by atoms with Crippen LogP contribution in [0.25, 0.3) is 0 Å². The summed E-state index contributed by atoms with van der Waals surface area (Å²) in [6, 6.07) is 0.300. The van der Waals surface area contributed by atoms with Crippen LogP contribution in [0.1, 0.15) is 32.4 Å². The van der Waals surface area contributed by atoms with E-state index in [9.17, 15) is 10.1 Å². The molecule has 1 unspecified atom stereocenters.